The minimum absolute atomic E-state index is 0.248. The van der Waals surface area contributed by atoms with Crippen LogP contribution in [-0.4, -0.2) is 74.7 Å². The Morgan fingerprint density at radius 3 is 2.89 bits per heavy atom. The molecular formula is C13H25N3O2. The zero-order chi connectivity index (χ0) is 12.8. The number of likely N-dealkylation sites (N-methyl/N-ethyl adjacent to an activating group) is 1. The summed E-state index contributed by atoms with van der Waals surface area (Å²) in [7, 11) is 2.08. The van der Waals surface area contributed by atoms with Crippen LogP contribution in [0.2, 0.25) is 0 Å². The third-order valence-electron chi connectivity index (χ3n) is 3.92. The molecule has 1 N–H and O–H groups in total. The normalized spacial score (nSPS) is 26.1. The molecule has 0 bridgehead atoms. The van der Waals surface area contributed by atoms with Crippen LogP contribution in [0.25, 0.3) is 0 Å². The second-order valence-electron chi connectivity index (χ2n) is 5.24. The first kappa shape index (κ1) is 13.8. The van der Waals surface area contributed by atoms with Gasteiger partial charge in [0.1, 0.15) is 0 Å². The molecule has 2 aliphatic heterocycles. The largest absolute Gasteiger partial charge is 0.378 e. The van der Waals surface area contributed by atoms with Gasteiger partial charge in [0.25, 0.3) is 0 Å². The van der Waals surface area contributed by atoms with Gasteiger partial charge in [0.2, 0.25) is 5.91 Å². The Kier molecular flexibility index (Phi) is 5.41. The van der Waals surface area contributed by atoms with Gasteiger partial charge in [0.15, 0.2) is 0 Å². The summed E-state index contributed by atoms with van der Waals surface area (Å²) in [6, 6.07) is 0.546. The molecule has 0 aliphatic carbocycles. The summed E-state index contributed by atoms with van der Waals surface area (Å²) in [5.74, 6) is 0.248. The van der Waals surface area contributed by atoms with Gasteiger partial charge in [0, 0.05) is 19.1 Å². The Hall–Kier alpha value is -0.650. The molecule has 2 rings (SSSR count). The van der Waals surface area contributed by atoms with E-state index in [2.05, 4.69) is 17.3 Å². The van der Waals surface area contributed by atoms with Crippen LogP contribution < -0.4 is 5.32 Å². The lowest BCUT2D eigenvalue weighted by Crippen LogP contribution is -2.47. The third kappa shape index (κ3) is 3.93. The van der Waals surface area contributed by atoms with Crippen LogP contribution in [0.1, 0.15) is 19.3 Å². The second kappa shape index (κ2) is 7.07. The standard InChI is InChI=1S/C13H25N3O2/c1-15(12-3-2-5-14-6-4-12)11-13(17)16-7-9-18-10-8-16/h12,14H,2-11H2,1H3. The Bertz CT molecular complexity index is 259. The van der Waals surface area contributed by atoms with E-state index in [0.29, 0.717) is 25.8 Å². The number of rotatable bonds is 3. The molecule has 2 heterocycles. The zero-order valence-corrected chi connectivity index (χ0v) is 11.4. The lowest BCUT2D eigenvalue weighted by atomic mass is 10.1. The number of carbonyl (C=O) groups is 1. The van der Waals surface area contributed by atoms with Crippen molar-refractivity contribution >= 4 is 5.91 Å². The number of hydrogen-bond donors (Lipinski definition) is 1. The second-order valence-corrected chi connectivity index (χ2v) is 5.24. The van der Waals surface area contributed by atoms with Gasteiger partial charge in [-0.3, -0.25) is 9.69 Å². The highest BCUT2D eigenvalue weighted by Crippen LogP contribution is 2.12. The van der Waals surface area contributed by atoms with E-state index in [4.69, 9.17) is 4.74 Å². The van der Waals surface area contributed by atoms with Gasteiger partial charge in [-0.2, -0.15) is 0 Å². The van der Waals surface area contributed by atoms with Crippen LogP contribution in [0.3, 0.4) is 0 Å². The van der Waals surface area contributed by atoms with E-state index in [0.717, 1.165) is 32.6 Å². The quantitative estimate of drug-likeness (QED) is 0.766. The number of amides is 1. The van der Waals surface area contributed by atoms with Crippen molar-refractivity contribution in [2.75, 3.05) is 53.0 Å². The molecule has 0 radical (unpaired) electrons. The van der Waals surface area contributed by atoms with E-state index >= 15 is 0 Å². The van der Waals surface area contributed by atoms with E-state index in [-0.39, 0.29) is 5.91 Å². The third-order valence-corrected chi connectivity index (χ3v) is 3.92. The van der Waals surface area contributed by atoms with Gasteiger partial charge in [-0.1, -0.05) is 0 Å². The Balaban J connectivity index is 1.77. The van der Waals surface area contributed by atoms with Crippen LogP contribution >= 0.6 is 0 Å². The van der Waals surface area contributed by atoms with E-state index in [1.165, 1.54) is 12.8 Å². The molecule has 2 saturated heterocycles. The average Bonchev–Trinajstić information content (AvgIpc) is 2.68. The molecule has 0 aromatic heterocycles. The molecule has 1 atom stereocenters. The number of hydrogen-bond acceptors (Lipinski definition) is 4. The minimum atomic E-state index is 0.248. The molecule has 5 nitrogen and oxygen atoms in total. The van der Waals surface area contributed by atoms with Crippen molar-refractivity contribution in [3.05, 3.63) is 0 Å². The molecule has 0 saturated carbocycles. The monoisotopic (exact) mass is 255 g/mol. The maximum absolute atomic E-state index is 12.2. The van der Waals surface area contributed by atoms with Gasteiger partial charge in [-0.05, 0) is 39.4 Å². The summed E-state index contributed by atoms with van der Waals surface area (Å²) >= 11 is 0. The molecule has 0 aromatic carbocycles. The molecule has 18 heavy (non-hydrogen) atoms. The number of carbonyl (C=O) groups excluding carboxylic acids is 1. The van der Waals surface area contributed by atoms with Crippen LogP contribution in [0.15, 0.2) is 0 Å². The highest BCUT2D eigenvalue weighted by atomic mass is 16.5. The van der Waals surface area contributed by atoms with Crippen LogP contribution in [0.5, 0.6) is 0 Å². The molecule has 2 aliphatic rings. The highest BCUT2D eigenvalue weighted by molar-refractivity contribution is 5.78. The molecule has 5 heteroatoms. The van der Waals surface area contributed by atoms with Crippen molar-refractivity contribution in [2.45, 2.75) is 25.3 Å². The van der Waals surface area contributed by atoms with Gasteiger partial charge in [-0.15, -0.1) is 0 Å². The summed E-state index contributed by atoms with van der Waals surface area (Å²) in [5, 5.41) is 3.41. The molecule has 1 amide bonds. The number of nitrogens with one attached hydrogen (secondary N) is 1. The highest BCUT2D eigenvalue weighted by Gasteiger charge is 2.22. The van der Waals surface area contributed by atoms with E-state index in [9.17, 15) is 4.79 Å². The van der Waals surface area contributed by atoms with Gasteiger partial charge in [0.05, 0.1) is 19.8 Å². The Morgan fingerprint density at radius 2 is 2.11 bits per heavy atom. The fourth-order valence-corrected chi connectivity index (χ4v) is 2.70. The predicted molar refractivity (Wildman–Crippen MR) is 70.5 cm³/mol. The first-order valence-electron chi connectivity index (χ1n) is 7.04. The first-order valence-corrected chi connectivity index (χ1v) is 7.04. The first-order chi connectivity index (χ1) is 8.77. The zero-order valence-electron chi connectivity index (χ0n) is 11.4. The summed E-state index contributed by atoms with van der Waals surface area (Å²) < 4.78 is 5.27. The topological polar surface area (TPSA) is 44.8 Å². The number of ether oxygens (including phenoxy) is 1. The van der Waals surface area contributed by atoms with Crippen LogP contribution in [0.4, 0.5) is 0 Å². The van der Waals surface area contributed by atoms with Gasteiger partial charge >= 0.3 is 0 Å². The van der Waals surface area contributed by atoms with Crippen molar-refractivity contribution in [3.63, 3.8) is 0 Å². The van der Waals surface area contributed by atoms with Crippen molar-refractivity contribution in [1.82, 2.24) is 15.1 Å². The molecule has 0 aromatic rings. The van der Waals surface area contributed by atoms with E-state index in [1.54, 1.807) is 0 Å². The summed E-state index contributed by atoms with van der Waals surface area (Å²) in [4.78, 5) is 16.3. The van der Waals surface area contributed by atoms with Crippen LogP contribution in [-0.2, 0) is 9.53 Å². The van der Waals surface area contributed by atoms with E-state index in [1.807, 2.05) is 4.90 Å². The fourth-order valence-electron chi connectivity index (χ4n) is 2.70. The molecular weight excluding hydrogens is 230 g/mol. The summed E-state index contributed by atoms with van der Waals surface area (Å²) in [6.07, 6.45) is 3.55. The maximum Gasteiger partial charge on any atom is 0.236 e. The maximum atomic E-state index is 12.2. The summed E-state index contributed by atoms with van der Waals surface area (Å²) in [6.45, 7) is 5.59. The number of nitrogens with zero attached hydrogens (tertiary/aromatic N) is 2. The van der Waals surface area contributed by atoms with E-state index < -0.39 is 0 Å². The SMILES string of the molecule is CN(CC(=O)N1CCOCC1)C1CCCNCC1. The van der Waals surface area contributed by atoms with Crippen molar-refractivity contribution < 1.29 is 9.53 Å². The van der Waals surface area contributed by atoms with Crippen molar-refractivity contribution in [1.29, 1.82) is 0 Å². The Morgan fingerprint density at radius 1 is 1.33 bits per heavy atom. The average molecular weight is 255 g/mol. The lowest BCUT2D eigenvalue weighted by Gasteiger charge is -2.31. The fraction of sp³-hybridized carbons (Fsp3) is 0.923. The lowest BCUT2D eigenvalue weighted by molar-refractivity contribution is -0.136. The van der Waals surface area contributed by atoms with Crippen molar-refractivity contribution in [3.8, 4) is 0 Å². The smallest absolute Gasteiger partial charge is 0.236 e. The number of morpholine rings is 1. The molecule has 0 spiro atoms. The van der Waals surface area contributed by atoms with Crippen molar-refractivity contribution in [2.24, 2.45) is 0 Å². The predicted octanol–water partition coefficient (Wildman–Crippen LogP) is -0.0809. The molecule has 104 valence electrons. The van der Waals surface area contributed by atoms with Gasteiger partial charge in [-0.25, -0.2) is 0 Å². The molecule has 2 fully saturated rings. The van der Waals surface area contributed by atoms with Crippen LogP contribution in [0, 0.1) is 0 Å². The summed E-state index contributed by atoms with van der Waals surface area (Å²) in [5.41, 5.74) is 0. The molecule has 1 unspecified atom stereocenters. The minimum Gasteiger partial charge on any atom is -0.378 e. The Labute approximate surface area is 109 Å². The van der Waals surface area contributed by atoms with Gasteiger partial charge < -0.3 is 15.0 Å².